The van der Waals surface area contributed by atoms with Gasteiger partial charge in [0.05, 0.1) is 0 Å². The molecule has 0 aliphatic carbocycles. The zero-order chi connectivity index (χ0) is 9.30. The maximum absolute atomic E-state index is 11.2. The first-order chi connectivity index (χ1) is 5.52. The molecule has 0 atom stereocenters. The van der Waals surface area contributed by atoms with Crippen LogP contribution >= 0.6 is 22.6 Å². The van der Waals surface area contributed by atoms with Gasteiger partial charge in [0, 0.05) is 9.13 Å². The van der Waals surface area contributed by atoms with Crippen LogP contribution in [0.3, 0.4) is 0 Å². The van der Waals surface area contributed by atoms with Gasteiger partial charge in [0.2, 0.25) is 0 Å². The lowest BCUT2D eigenvalue weighted by molar-refractivity contribution is 0.101. The van der Waals surface area contributed by atoms with Crippen LogP contribution in [0.1, 0.15) is 28.4 Å². The van der Waals surface area contributed by atoms with Crippen LogP contribution in [0.25, 0.3) is 0 Å². The number of ketones is 1. The smallest absolute Gasteiger partial charge is 0.160 e. The van der Waals surface area contributed by atoms with E-state index in [0.29, 0.717) is 0 Å². The van der Waals surface area contributed by atoms with E-state index in [1.165, 1.54) is 3.57 Å². The molecule has 1 aromatic rings. The van der Waals surface area contributed by atoms with Crippen molar-refractivity contribution in [2.24, 2.45) is 0 Å². The average molecular weight is 274 g/mol. The number of carbonyl (C=O) groups is 1. The molecule has 12 heavy (non-hydrogen) atoms. The van der Waals surface area contributed by atoms with E-state index in [2.05, 4.69) is 22.6 Å². The van der Waals surface area contributed by atoms with Crippen LogP contribution in [0.4, 0.5) is 0 Å². The Morgan fingerprint density at radius 1 is 1.25 bits per heavy atom. The van der Waals surface area contributed by atoms with E-state index >= 15 is 0 Å². The lowest BCUT2D eigenvalue weighted by Crippen LogP contribution is -2.00. The summed E-state index contributed by atoms with van der Waals surface area (Å²) in [6, 6.07) is 4.06. The van der Waals surface area contributed by atoms with Crippen molar-refractivity contribution in [2.75, 3.05) is 0 Å². The van der Waals surface area contributed by atoms with E-state index in [0.717, 1.165) is 16.7 Å². The van der Waals surface area contributed by atoms with Crippen molar-refractivity contribution in [1.29, 1.82) is 0 Å². The Kier molecular flexibility index (Phi) is 2.88. The number of hydrogen-bond acceptors (Lipinski definition) is 1. The third-order valence-corrected chi connectivity index (χ3v) is 2.47. The molecule has 0 N–H and O–H groups in total. The van der Waals surface area contributed by atoms with Crippen molar-refractivity contribution >= 4 is 28.4 Å². The first kappa shape index (κ1) is 9.71. The van der Waals surface area contributed by atoms with E-state index in [4.69, 9.17) is 0 Å². The molecule has 1 aromatic carbocycles. The lowest BCUT2D eigenvalue weighted by Gasteiger charge is -2.06. The second-order valence-corrected chi connectivity index (χ2v) is 4.22. The summed E-state index contributed by atoms with van der Waals surface area (Å²) in [6.07, 6.45) is 0. The van der Waals surface area contributed by atoms with Crippen molar-refractivity contribution in [1.82, 2.24) is 0 Å². The van der Waals surface area contributed by atoms with Crippen molar-refractivity contribution in [3.05, 3.63) is 32.4 Å². The number of rotatable bonds is 1. The fourth-order valence-electron chi connectivity index (χ4n) is 1.47. The third-order valence-electron chi connectivity index (χ3n) is 1.85. The van der Waals surface area contributed by atoms with Gasteiger partial charge >= 0.3 is 0 Å². The van der Waals surface area contributed by atoms with Gasteiger partial charge in [-0.3, -0.25) is 4.79 Å². The van der Waals surface area contributed by atoms with E-state index in [1.54, 1.807) is 6.92 Å². The van der Waals surface area contributed by atoms with Crippen LogP contribution in [0.15, 0.2) is 12.1 Å². The van der Waals surface area contributed by atoms with Gasteiger partial charge in [-0.2, -0.15) is 0 Å². The van der Waals surface area contributed by atoms with Gasteiger partial charge in [0.1, 0.15) is 0 Å². The maximum Gasteiger partial charge on any atom is 0.160 e. The molecule has 64 valence electrons. The summed E-state index contributed by atoms with van der Waals surface area (Å²) in [5.41, 5.74) is 3.02. The molecular weight excluding hydrogens is 263 g/mol. The number of carbonyl (C=O) groups excluding carboxylic acids is 1. The largest absolute Gasteiger partial charge is 0.294 e. The van der Waals surface area contributed by atoms with Crippen LogP contribution in [0.5, 0.6) is 0 Å². The molecule has 0 saturated heterocycles. The predicted molar refractivity (Wildman–Crippen MR) is 58.6 cm³/mol. The number of hydrogen-bond donors (Lipinski definition) is 0. The summed E-state index contributed by atoms with van der Waals surface area (Å²) in [6.45, 7) is 5.57. The Labute approximate surface area is 86.3 Å². The molecule has 1 rings (SSSR count). The molecular formula is C10H11IO. The van der Waals surface area contributed by atoms with Crippen molar-refractivity contribution in [3.8, 4) is 0 Å². The first-order valence-electron chi connectivity index (χ1n) is 3.80. The molecule has 0 bridgehead atoms. The quantitative estimate of drug-likeness (QED) is 0.568. The molecule has 2 heteroatoms. The second-order valence-electron chi connectivity index (χ2n) is 2.97. The maximum atomic E-state index is 11.2. The molecule has 0 amide bonds. The molecule has 0 aliphatic rings. The summed E-state index contributed by atoms with van der Waals surface area (Å²) in [5.74, 6) is 0.154. The topological polar surface area (TPSA) is 17.1 Å². The SMILES string of the molecule is CC(=O)c1c(C)cc(I)cc1C. The van der Waals surface area contributed by atoms with Gasteiger partial charge in [-0.1, -0.05) is 0 Å². The molecule has 0 unspecified atom stereocenters. The highest BCUT2D eigenvalue weighted by atomic mass is 127. The van der Waals surface area contributed by atoms with Crippen LogP contribution in [0, 0.1) is 17.4 Å². The molecule has 1 nitrogen and oxygen atoms in total. The van der Waals surface area contributed by atoms with E-state index in [1.807, 2.05) is 26.0 Å². The molecule has 0 heterocycles. The molecule has 0 aliphatic heterocycles. The zero-order valence-electron chi connectivity index (χ0n) is 7.44. The monoisotopic (exact) mass is 274 g/mol. The predicted octanol–water partition coefficient (Wildman–Crippen LogP) is 3.11. The second kappa shape index (κ2) is 3.56. The Morgan fingerprint density at radius 3 is 2.00 bits per heavy atom. The van der Waals surface area contributed by atoms with Crippen LogP contribution in [-0.2, 0) is 0 Å². The van der Waals surface area contributed by atoms with Gasteiger partial charge in [0.15, 0.2) is 5.78 Å². The standard InChI is InChI=1S/C10H11IO/c1-6-4-9(11)5-7(2)10(6)8(3)12/h4-5H,1-3H3. The molecule has 0 saturated carbocycles. The Hall–Kier alpha value is -0.380. The van der Waals surface area contributed by atoms with Crippen LogP contribution < -0.4 is 0 Å². The minimum absolute atomic E-state index is 0.154. The highest BCUT2D eigenvalue weighted by Crippen LogP contribution is 2.18. The summed E-state index contributed by atoms with van der Waals surface area (Å²) in [4.78, 5) is 11.2. The number of Topliss-reactive ketones (excluding diaryl/α,β-unsaturated/α-hetero) is 1. The van der Waals surface area contributed by atoms with Gasteiger partial charge in [-0.25, -0.2) is 0 Å². The fourth-order valence-corrected chi connectivity index (χ4v) is 2.40. The number of benzene rings is 1. The minimum Gasteiger partial charge on any atom is -0.294 e. The summed E-state index contributed by atoms with van der Waals surface area (Å²) >= 11 is 2.26. The van der Waals surface area contributed by atoms with Crippen LogP contribution in [0.2, 0.25) is 0 Å². The molecule has 0 spiro atoms. The summed E-state index contributed by atoms with van der Waals surface area (Å²) in [5, 5.41) is 0. The minimum atomic E-state index is 0.154. The van der Waals surface area contributed by atoms with Crippen molar-refractivity contribution in [3.63, 3.8) is 0 Å². The van der Waals surface area contributed by atoms with E-state index < -0.39 is 0 Å². The number of aryl methyl sites for hydroxylation is 2. The normalized spacial score (nSPS) is 10.0. The van der Waals surface area contributed by atoms with Gasteiger partial charge in [-0.15, -0.1) is 0 Å². The Bertz CT molecular complexity index is 306. The highest BCUT2D eigenvalue weighted by molar-refractivity contribution is 14.1. The molecule has 0 fully saturated rings. The summed E-state index contributed by atoms with van der Waals surface area (Å²) in [7, 11) is 0. The summed E-state index contributed by atoms with van der Waals surface area (Å²) < 4.78 is 1.19. The van der Waals surface area contributed by atoms with Gasteiger partial charge in [0.25, 0.3) is 0 Å². The first-order valence-corrected chi connectivity index (χ1v) is 4.88. The Morgan fingerprint density at radius 2 is 1.67 bits per heavy atom. The zero-order valence-corrected chi connectivity index (χ0v) is 9.60. The van der Waals surface area contributed by atoms with Gasteiger partial charge < -0.3 is 0 Å². The lowest BCUT2D eigenvalue weighted by atomic mass is 10.0. The van der Waals surface area contributed by atoms with Crippen molar-refractivity contribution in [2.45, 2.75) is 20.8 Å². The average Bonchev–Trinajstić information content (AvgIpc) is 1.82. The third kappa shape index (κ3) is 1.86. The fraction of sp³-hybridized carbons (Fsp3) is 0.300. The van der Waals surface area contributed by atoms with E-state index in [9.17, 15) is 4.79 Å². The van der Waals surface area contributed by atoms with Gasteiger partial charge in [-0.05, 0) is 66.6 Å². The molecule has 0 aromatic heterocycles. The van der Waals surface area contributed by atoms with Crippen molar-refractivity contribution < 1.29 is 4.79 Å². The Balaban J connectivity index is 3.38. The van der Waals surface area contributed by atoms with E-state index in [-0.39, 0.29) is 5.78 Å². The van der Waals surface area contributed by atoms with Crippen LogP contribution in [-0.4, -0.2) is 5.78 Å². The molecule has 0 radical (unpaired) electrons. The highest BCUT2D eigenvalue weighted by Gasteiger charge is 2.07. The number of halogens is 1.